The lowest BCUT2D eigenvalue weighted by Crippen LogP contribution is -2.75. The van der Waals surface area contributed by atoms with Gasteiger partial charge in [-0.15, -0.1) is 0 Å². The normalized spacial score (nSPS) is 13.1. The maximum Gasteiger partial charge on any atom is 0.416 e. The van der Waals surface area contributed by atoms with Gasteiger partial charge in [-0.05, 0) is 60.0 Å². The van der Waals surface area contributed by atoms with Gasteiger partial charge in [-0.25, -0.2) is 0 Å². The van der Waals surface area contributed by atoms with Gasteiger partial charge in [0.15, 0.2) is 17.7 Å². The Labute approximate surface area is 467 Å². The van der Waals surface area contributed by atoms with Gasteiger partial charge in [0.05, 0.1) is 50.9 Å². The van der Waals surface area contributed by atoms with E-state index in [1.54, 1.807) is 24.3 Å². The molecule has 0 amide bonds. The van der Waals surface area contributed by atoms with Crippen molar-refractivity contribution in [2.45, 2.75) is 62.4 Å². The molecule has 7 aromatic carbocycles. The molecule has 0 atom stereocenters. The smallest absolute Gasteiger partial charge is 0.416 e. The molecule has 86 heavy (non-hydrogen) atoms. The number of ketones is 2. The average molecular weight is 1250 g/mol. The van der Waals surface area contributed by atoms with Crippen molar-refractivity contribution >= 4 is 50.3 Å². The molecule has 1 heterocycles. The highest BCUT2D eigenvalue weighted by molar-refractivity contribution is 7.20. The number of alkyl halides is 24. The van der Waals surface area contributed by atoms with E-state index in [0.717, 1.165) is 16.5 Å². The van der Waals surface area contributed by atoms with Gasteiger partial charge < -0.3 is 5.11 Å². The van der Waals surface area contributed by atoms with Crippen LogP contribution >= 0.6 is 0 Å². The highest BCUT2D eigenvalue weighted by atomic mass is 19.4. The van der Waals surface area contributed by atoms with Crippen LogP contribution in [0.1, 0.15) is 70.9 Å². The molecule has 0 saturated heterocycles. The second kappa shape index (κ2) is 23.1. The molecule has 1 N–H and O–H groups in total. The average Bonchev–Trinajstić information content (AvgIpc) is 0.810. The van der Waals surface area contributed by atoms with Crippen molar-refractivity contribution in [3.8, 4) is 5.75 Å². The minimum absolute atomic E-state index is 0.00999. The van der Waals surface area contributed by atoms with E-state index in [0.29, 0.717) is 11.1 Å². The van der Waals surface area contributed by atoms with Crippen LogP contribution in [0.3, 0.4) is 0 Å². The Morgan fingerprint density at radius 2 is 0.640 bits per heavy atom. The summed E-state index contributed by atoms with van der Waals surface area (Å²) in [5.74, 6) is 0.0432. The number of carbonyl (C=O) groups excluding carboxylic acids is 2. The van der Waals surface area contributed by atoms with Gasteiger partial charge in [0.2, 0.25) is 12.3 Å². The number of rotatable bonds is 10. The Hall–Kier alpha value is -8.53. The number of aromatic hydroxyl groups is 1. The molecule has 0 saturated carbocycles. The Morgan fingerprint density at radius 3 is 0.953 bits per heavy atom. The van der Waals surface area contributed by atoms with E-state index in [1.807, 2.05) is 59.3 Å². The van der Waals surface area contributed by atoms with Crippen LogP contribution in [0.5, 0.6) is 5.75 Å². The number of aromatic nitrogens is 1. The van der Waals surface area contributed by atoms with E-state index in [2.05, 4.69) is 0 Å². The number of hydrogen-bond acceptors (Lipinski definition) is 3. The van der Waals surface area contributed by atoms with Gasteiger partial charge in [-0.3, -0.25) is 9.59 Å². The molecule has 8 aromatic rings. The van der Waals surface area contributed by atoms with Crippen LogP contribution in [-0.2, 0) is 62.4 Å². The van der Waals surface area contributed by atoms with E-state index in [9.17, 15) is 120 Å². The molecule has 0 fully saturated rings. The van der Waals surface area contributed by atoms with Crippen molar-refractivity contribution in [1.82, 2.24) is 0 Å². The van der Waals surface area contributed by atoms with Crippen molar-refractivity contribution in [2.75, 3.05) is 0 Å². The lowest BCUT2D eigenvalue weighted by Gasteiger charge is -2.46. The van der Waals surface area contributed by atoms with Crippen molar-refractivity contribution < 1.29 is 125 Å². The number of halogens is 24. The minimum atomic E-state index is -6.13. The lowest BCUT2D eigenvalue weighted by atomic mass is 9.12. The molecular formula is C57H32BF24NO3. The largest absolute Gasteiger partial charge is 0.508 e. The van der Waals surface area contributed by atoms with E-state index >= 15 is 0 Å². The molecular weight excluding hydrogens is 1210 g/mol. The number of fused-ring (bicyclic) bond motifs is 1. The molecule has 0 aliphatic rings. The maximum atomic E-state index is 14.2. The SMILES string of the molecule is FC(F)(F)c1cc([B-](c2cc(C(F)(F)F)cc(C(F)(F)F)c2)(c2cc(C(F)(F)F)cc(C(F)(F)F)c2)c2cc(C(F)(F)F)cc(C(F)(F)F)c2)cc(C(F)(F)F)c1.O=C(Cc1c2ccccc2cc[n+]1CC(=O)c1ccccc1)c1ccc(O)cc1. The molecule has 1 aromatic heterocycles. The molecule has 0 bridgehead atoms. The van der Waals surface area contributed by atoms with E-state index in [-0.39, 0.29) is 30.3 Å². The zero-order valence-corrected chi connectivity index (χ0v) is 42.4. The van der Waals surface area contributed by atoms with Gasteiger partial charge in [-0.1, -0.05) is 97.1 Å². The van der Waals surface area contributed by atoms with Crippen molar-refractivity contribution in [3.05, 3.63) is 225 Å². The molecule has 0 aliphatic carbocycles. The zero-order chi connectivity index (χ0) is 64.1. The number of benzene rings is 7. The quantitative estimate of drug-likeness (QED) is 0.0642. The van der Waals surface area contributed by atoms with E-state index in [4.69, 9.17) is 0 Å². The summed E-state index contributed by atoms with van der Waals surface area (Å²) < 4.78 is 343. The number of carbonyl (C=O) groups is 2. The standard InChI is InChI=1S/C32H12BF24.C25H19NO3/c34-25(35,36)13-1-14(26(37,38)39)6-21(5-13)33(22-7-15(27(40,41)42)2-16(8-22)28(43,44)45,23-9-17(29(46,47)48)3-18(10-23)30(49,50)51)24-11-19(31(52,53)54)4-20(12-24)32(55,56)57;27-21-12-10-20(11-13-21)24(28)16-23-22-9-5-4-6-18(22)14-15-26(23)17-25(29)19-7-2-1-3-8-19/h1-12H;1-15H,16-17H2/q-1;/p+1. The number of hydrogen-bond donors (Lipinski definition) is 1. The molecule has 0 aliphatic heterocycles. The fraction of sp³-hybridized carbons (Fsp3) is 0.175. The highest BCUT2D eigenvalue weighted by Gasteiger charge is 2.47. The molecule has 4 nitrogen and oxygen atoms in total. The van der Waals surface area contributed by atoms with Gasteiger partial charge >= 0.3 is 49.4 Å². The summed E-state index contributed by atoms with van der Waals surface area (Å²) in [4.78, 5) is 25.7. The number of phenols is 1. The number of pyridine rings is 1. The van der Waals surface area contributed by atoms with Gasteiger partial charge in [-0.2, -0.15) is 132 Å². The fourth-order valence-electron chi connectivity index (χ4n) is 9.51. The predicted molar refractivity (Wildman–Crippen MR) is 261 cm³/mol. The fourth-order valence-corrected chi connectivity index (χ4v) is 9.51. The van der Waals surface area contributed by atoms with E-state index in [1.165, 1.54) is 12.1 Å². The van der Waals surface area contributed by atoms with Crippen LogP contribution < -0.4 is 26.4 Å². The van der Waals surface area contributed by atoms with Crippen LogP contribution in [0.25, 0.3) is 10.8 Å². The van der Waals surface area contributed by atoms with Crippen molar-refractivity contribution in [1.29, 1.82) is 0 Å². The topological polar surface area (TPSA) is 58.2 Å². The van der Waals surface area contributed by atoms with E-state index < -0.39 is 195 Å². The minimum Gasteiger partial charge on any atom is -0.508 e. The van der Waals surface area contributed by atoms with Crippen LogP contribution in [0, 0.1) is 0 Å². The first kappa shape index (κ1) is 65.0. The zero-order valence-electron chi connectivity index (χ0n) is 42.4. The number of phenolic OH excluding ortho intramolecular Hbond substituents is 1. The Kier molecular flexibility index (Phi) is 17.4. The summed E-state index contributed by atoms with van der Waals surface area (Å²) in [5.41, 5.74) is -28.2. The highest BCUT2D eigenvalue weighted by Crippen LogP contribution is 2.42. The third-order valence-corrected chi connectivity index (χ3v) is 13.4. The van der Waals surface area contributed by atoms with Gasteiger partial charge in [0.25, 0.3) is 0 Å². The van der Waals surface area contributed by atoms with Crippen molar-refractivity contribution in [2.24, 2.45) is 0 Å². The van der Waals surface area contributed by atoms with Crippen LogP contribution in [0.2, 0.25) is 0 Å². The molecule has 0 spiro atoms. The number of Topliss-reactive ketones (excluding diaryl/α,β-unsaturated/α-hetero) is 2. The Bertz CT molecular complexity index is 3380. The Balaban J connectivity index is 0.000000302. The summed E-state index contributed by atoms with van der Waals surface area (Å²) in [5, 5.41) is 11.4. The van der Waals surface area contributed by atoms with Gasteiger partial charge in [0.1, 0.15) is 11.9 Å². The van der Waals surface area contributed by atoms with Crippen LogP contribution in [-0.4, -0.2) is 22.8 Å². The van der Waals surface area contributed by atoms with Gasteiger partial charge in [0, 0.05) is 22.6 Å². The second-order valence-electron chi connectivity index (χ2n) is 19.1. The van der Waals surface area contributed by atoms with Crippen LogP contribution in [0.15, 0.2) is 164 Å². The summed E-state index contributed by atoms with van der Waals surface area (Å²) in [6.45, 7) is 0.160. The first-order valence-corrected chi connectivity index (χ1v) is 24.0. The van der Waals surface area contributed by atoms with Crippen LogP contribution in [0.4, 0.5) is 105 Å². The molecule has 29 heteroatoms. The maximum absolute atomic E-state index is 14.2. The third kappa shape index (κ3) is 14.6. The molecule has 8 rings (SSSR count). The summed E-state index contributed by atoms with van der Waals surface area (Å²) in [6.07, 6.45) is -52.8. The summed E-state index contributed by atoms with van der Waals surface area (Å²) >= 11 is 0. The Morgan fingerprint density at radius 1 is 0.349 bits per heavy atom. The predicted octanol–water partition coefficient (Wildman–Crippen LogP) is 15.4. The summed E-state index contributed by atoms with van der Waals surface area (Å²) in [6, 6.07) is 16.4. The first-order chi connectivity index (χ1) is 39.4. The molecule has 0 unspecified atom stereocenters. The lowest BCUT2D eigenvalue weighted by molar-refractivity contribution is -0.688. The monoisotopic (exact) mass is 1250 g/mol. The van der Waals surface area contributed by atoms with Crippen molar-refractivity contribution in [3.63, 3.8) is 0 Å². The third-order valence-electron chi connectivity index (χ3n) is 13.4. The first-order valence-electron chi connectivity index (χ1n) is 24.0. The summed E-state index contributed by atoms with van der Waals surface area (Å²) in [7, 11) is 0. The second-order valence-corrected chi connectivity index (χ2v) is 19.1. The number of nitrogens with zero attached hydrogens (tertiary/aromatic N) is 1. The molecule has 0 radical (unpaired) electrons. The molecule has 454 valence electrons.